The Morgan fingerprint density at radius 2 is 1.75 bits per heavy atom. The van der Waals surface area contributed by atoms with Gasteiger partial charge in [-0.05, 0) is 62.7 Å². The fourth-order valence-corrected chi connectivity index (χ4v) is 6.78. The zero-order valence-electron chi connectivity index (χ0n) is 16.8. The predicted octanol–water partition coefficient (Wildman–Crippen LogP) is 3.93. The van der Waals surface area contributed by atoms with Crippen LogP contribution in [0.25, 0.3) is 0 Å². The Labute approximate surface area is 171 Å². The third-order valence-electron chi connectivity index (χ3n) is 6.86. The standard InChI is InChI=1S/C21H32N4O2S/c1-2-3-4-5-18-24-25-20(28-18)23-17(26)6-7-22-19(27)21-11-14-8-15(12-21)10-16(9-14)13-21/h14-16H,2-13H2,1H3,(H,22,27)(H,23,25,26). The van der Waals surface area contributed by atoms with Crippen LogP contribution in [0.1, 0.15) is 76.1 Å². The summed E-state index contributed by atoms with van der Waals surface area (Å²) < 4.78 is 0. The van der Waals surface area contributed by atoms with Crippen LogP contribution in [0.2, 0.25) is 0 Å². The first-order chi connectivity index (χ1) is 13.6. The van der Waals surface area contributed by atoms with Gasteiger partial charge in [-0.15, -0.1) is 10.2 Å². The summed E-state index contributed by atoms with van der Waals surface area (Å²) in [5.74, 6) is 2.34. The molecule has 0 radical (unpaired) electrons. The predicted molar refractivity (Wildman–Crippen MR) is 110 cm³/mol. The highest BCUT2D eigenvalue weighted by Crippen LogP contribution is 2.60. The number of carbonyl (C=O) groups is 2. The molecule has 4 aliphatic carbocycles. The lowest BCUT2D eigenvalue weighted by molar-refractivity contribution is -0.146. The summed E-state index contributed by atoms with van der Waals surface area (Å²) in [6.07, 6.45) is 11.8. The van der Waals surface area contributed by atoms with Gasteiger partial charge in [0, 0.05) is 24.8 Å². The number of anilines is 1. The summed E-state index contributed by atoms with van der Waals surface area (Å²) in [4.78, 5) is 25.1. The number of rotatable bonds is 9. The lowest BCUT2D eigenvalue weighted by Crippen LogP contribution is -2.53. The minimum atomic E-state index is -0.141. The van der Waals surface area contributed by atoms with E-state index in [-0.39, 0.29) is 23.7 Å². The fourth-order valence-electron chi connectivity index (χ4n) is 5.98. The second-order valence-corrected chi connectivity index (χ2v) is 10.3. The summed E-state index contributed by atoms with van der Waals surface area (Å²) in [7, 11) is 0. The monoisotopic (exact) mass is 404 g/mol. The highest BCUT2D eigenvalue weighted by Gasteiger charge is 2.54. The van der Waals surface area contributed by atoms with E-state index in [1.807, 2.05) is 0 Å². The number of aromatic nitrogens is 2. The number of unbranched alkanes of at least 4 members (excludes halogenated alkanes) is 2. The maximum atomic E-state index is 12.9. The molecule has 0 saturated heterocycles. The molecular formula is C21H32N4O2S. The molecule has 2 N–H and O–H groups in total. The van der Waals surface area contributed by atoms with Gasteiger partial charge in [0.25, 0.3) is 0 Å². The number of nitrogens with one attached hydrogen (secondary N) is 2. The molecule has 4 bridgehead atoms. The van der Waals surface area contributed by atoms with Crippen LogP contribution in [0.4, 0.5) is 5.13 Å². The number of carbonyl (C=O) groups excluding carboxylic acids is 2. The molecule has 0 unspecified atom stereocenters. The Morgan fingerprint density at radius 1 is 1.07 bits per heavy atom. The van der Waals surface area contributed by atoms with E-state index in [0.717, 1.165) is 54.9 Å². The molecule has 5 rings (SSSR count). The molecule has 2 amide bonds. The summed E-state index contributed by atoms with van der Waals surface area (Å²) in [6.45, 7) is 2.57. The number of hydrogen-bond donors (Lipinski definition) is 2. The van der Waals surface area contributed by atoms with E-state index in [1.54, 1.807) is 0 Å². The quantitative estimate of drug-likeness (QED) is 0.611. The maximum absolute atomic E-state index is 12.9. The van der Waals surface area contributed by atoms with Crippen LogP contribution in [0, 0.1) is 23.2 Å². The highest BCUT2D eigenvalue weighted by atomic mass is 32.1. The van der Waals surface area contributed by atoms with Gasteiger partial charge in [-0.2, -0.15) is 0 Å². The van der Waals surface area contributed by atoms with E-state index in [1.165, 1.54) is 43.4 Å². The molecule has 154 valence electrons. The molecule has 28 heavy (non-hydrogen) atoms. The minimum absolute atomic E-state index is 0.109. The number of aryl methyl sites for hydroxylation is 1. The molecule has 6 nitrogen and oxygen atoms in total. The molecule has 4 fully saturated rings. The Kier molecular flexibility index (Phi) is 5.99. The first kappa shape index (κ1) is 19.8. The van der Waals surface area contributed by atoms with E-state index in [2.05, 4.69) is 27.8 Å². The highest BCUT2D eigenvalue weighted by molar-refractivity contribution is 7.15. The van der Waals surface area contributed by atoms with Crippen LogP contribution >= 0.6 is 11.3 Å². The third-order valence-corrected chi connectivity index (χ3v) is 7.76. The summed E-state index contributed by atoms with van der Waals surface area (Å²) >= 11 is 1.45. The Bertz CT molecular complexity index is 682. The molecule has 1 heterocycles. The van der Waals surface area contributed by atoms with Crippen molar-refractivity contribution in [2.24, 2.45) is 23.2 Å². The van der Waals surface area contributed by atoms with Gasteiger partial charge in [0.2, 0.25) is 16.9 Å². The Hall–Kier alpha value is -1.50. The molecule has 0 aliphatic heterocycles. The number of hydrogen-bond acceptors (Lipinski definition) is 5. The van der Waals surface area contributed by atoms with Crippen molar-refractivity contribution in [3.63, 3.8) is 0 Å². The van der Waals surface area contributed by atoms with Crippen molar-refractivity contribution in [2.45, 2.75) is 77.6 Å². The molecule has 0 atom stereocenters. The molecule has 1 aromatic rings. The molecule has 1 aromatic heterocycles. The Morgan fingerprint density at radius 3 is 2.39 bits per heavy atom. The van der Waals surface area contributed by atoms with Crippen LogP contribution in [-0.4, -0.2) is 28.6 Å². The van der Waals surface area contributed by atoms with Crippen molar-refractivity contribution in [3.05, 3.63) is 5.01 Å². The van der Waals surface area contributed by atoms with Gasteiger partial charge in [-0.25, -0.2) is 0 Å². The second-order valence-electron chi connectivity index (χ2n) is 9.21. The third kappa shape index (κ3) is 4.39. The van der Waals surface area contributed by atoms with Gasteiger partial charge in [0.15, 0.2) is 0 Å². The SMILES string of the molecule is CCCCCc1nnc(NC(=O)CCNC(=O)C23CC4CC(CC(C4)C2)C3)s1. The molecule has 0 aromatic carbocycles. The van der Waals surface area contributed by atoms with Gasteiger partial charge < -0.3 is 10.6 Å². The lowest BCUT2D eigenvalue weighted by atomic mass is 9.49. The van der Waals surface area contributed by atoms with E-state index >= 15 is 0 Å². The molecule has 7 heteroatoms. The van der Waals surface area contributed by atoms with Crippen LogP contribution in [0.3, 0.4) is 0 Å². The molecular weight excluding hydrogens is 372 g/mol. The van der Waals surface area contributed by atoms with Gasteiger partial charge in [0.1, 0.15) is 5.01 Å². The fraction of sp³-hybridized carbons (Fsp3) is 0.810. The van der Waals surface area contributed by atoms with Gasteiger partial charge in [-0.3, -0.25) is 9.59 Å². The largest absolute Gasteiger partial charge is 0.355 e. The molecule has 0 spiro atoms. The summed E-state index contributed by atoms with van der Waals surface area (Å²) in [6, 6.07) is 0. The molecule has 4 saturated carbocycles. The topological polar surface area (TPSA) is 84.0 Å². The van der Waals surface area contributed by atoms with Crippen molar-refractivity contribution in [3.8, 4) is 0 Å². The van der Waals surface area contributed by atoms with E-state index in [4.69, 9.17) is 0 Å². The van der Waals surface area contributed by atoms with Gasteiger partial charge >= 0.3 is 0 Å². The van der Waals surface area contributed by atoms with Crippen LogP contribution in [0.15, 0.2) is 0 Å². The van der Waals surface area contributed by atoms with Crippen molar-refractivity contribution >= 4 is 28.3 Å². The first-order valence-electron chi connectivity index (χ1n) is 11.0. The number of amides is 2. The van der Waals surface area contributed by atoms with Gasteiger partial charge in [0.05, 0.1) is 0 Å². The average Bonchev–Trinajstić information content (AvgIpc) is 3.08. The van der Waals surface area contributed by atoms with E-state index < -0.39 is 0 Å². The maximum Gasteiger partial charge on any atom is 0.227 e. The van der Waals surface area contributed by atoms with E-state index in [9.17, 15) is 9.59 Å². The van der Waals surface area contributed by atoms with Crippen LogP contribution in [0.5, 0.6) is 0 Å². The minimum Gasteiger partial charge on any atom is -0.355 e. The molecule has 4 aliphatic rings. The van der Waals surface area contributed by atoms with E-state index in [0.29, 0.717) is 11.7 Å². The second kappa shape index (κ2) is 8.47. The Balaban J connectivity index is 1.20. The lowest BCUT2D eigenvalue weighted by Gasteiger charge is -2.55. The summed E-state index contributed by atoms with van der Waals surface area (Å²) in [5.41, 5.74) is -0.141. The van der Waals surface area contributed by atoms with Crippen molar-refractivity contribution < 1.29 is 9.59 Å². The van der Waals surface area contributed by atoms with Crippen molar-refractivity contribution in [1.82, 2.24) is 15.5 Å². The number of nitrogens with zero attached hydrogens (tertiary/aromatic N) is 2. The normalized spacial score (nSPS) is 30.4. The van der Waals surface area contributed by atoms with Crippen molar-refractivity contribution in [2.75, 3.05) is 11.9 Å². The zero-order chi connectivity index (χ0) is 19.6. The van der Waals surface area contributed by atoms with Gasteiger partial charge in [-0.1, -0.05) is 31.1 Å². The zero-order valence-corrected chi connectivity index (χ0v) is 17.7. The van der Waals surface area contributed by atoms with Crippen LogP contribution in [-0.2, 0) is 16.0 Å². The summed E-state index contributed by atoms with van der Waals surface area (Å²) in [5, 5.41) is 15.6. The smallest absolute Gasteiger partial charge is 0.227 e. The first-order valence-corrected chi connectivity index (χ1v) is 11.8. The van der Waals surface area contributed by atoms with Crippen LogP contribution < -0.4 is 10.6 Å². The van der Waals surface area contributed by atoms with Crippen molar-refractivity contribution in [1.29, 1.82) is 0 Å². The average molecular weight is 405 g/mol.